The standard InChI is InChI=1S/C9H6F3N/c10-5-1-2-8-6(3-5)7(4-13-8)9(11)12/h1-4,9,13H. The van der Waals surface area contributed by atoms with Crippen molar-refractivity contribution in [2.24, 2.45) is 0 Å². The molecule has 0 atom stereocenters. The lowest BCUT2D eigenvalue weighted by atomic mass is 10.2. The van der Waals surface area contributed by atoms with Crippen molar-refractivity contribution in [1.82, 2.24) is 4.98 Å². The SMILES string of the molecule is Fc1ccc2[nH]cc(C(F)F)c2c1. The number of fused-ring (bicyclic) bond motifs is 1. The fourth-order valence-electron chi connectivity index (χ4n) is 1.29. The van der Waals surface area contributed by atoms with Crippen molar-refractivity contribution in [2.45, 2.75) is 6.43 Å². The summed E-state index contributed by atoms with van der Waals surface area (Å²) in [4.78, 5) is 2.65. The quantitative estimate of drug-likeness (QED) is 0.701. The Balaban J connectivity index is 2.71. The van der Waals surface area contributed by atoms with Crippen LogP contribution in [0, 0.1) is 5.82 Å². The van der Waals surface area contributed by atoms with Gasteiger partial charge in [0, 0.05) is 22.7 Å². The molecular formula is C9H6F3N. The van der Waals surface area contributed by atoms with Crippen molar-refractivity contribution in [1.29, 1.82) is 0 Å². The average molecular weight is 185 g/mol. The third-order valence-corrected chi connectivity index (χ3v) is 1.91. The molecule has 0 spiro atoms. The maximum atomic E-state index is 12.7. The molecule has 0 aliphatic carbocycles. The zero-order valence-electron chi connectivity index (χ0n) is 6.52. The third-order valence-electron chi connectivity index (χ3n) is 1.91. The summed E-state index contributed by atoms with van der Waals surface area (Å²) in [5.41, 5.74) is 0.367. The number of nitrogens with one attached hydrogen (secondary N) is 1. The van der Waals surface area contributed by atoms with Crippen LogP contribution in [0.4, 0.5) is 13.2 Å². The van der Waals surface area contributed by atoms with E-state index in [9.17, 15) is 13.2 Å². The molecule has 13 heavy (non-hydrogen) atoms. The normalized spacial score (nSPS) is 11.4. The zero-order chi connectivity index (χ0) is 9.42. The Morgan fingerprint density at radius 3 is 2.69 bits per heavy atom. The first-order valence-corrected chi connectivity index (χ1v) is 3.73. The Morgan fingerprint density at radius 1 is 1.23 bits per heavy atom. The Labute approximate surface area is 72.2 Å². The largest absolute Gasteiger partial charge is 0.361 e. The number of benzene rings is 1. The monoisotopic (exact) mass is 185 g/mol. The van der Waals surface area contributed by atoms with Gasteiger partial charge in [-0.15, -0.1) is 0 Å². The van der Waals surface area contributed by atoms with Crippen molar-refractivity contribution in [3.8, 4) is 0 Å². The van der Waals surface area contributed by atoms with E-state index in [-0.39, 0.29) is 10.9 Å². The molecule has 4 heteroatoms. The molecule has 0 aliphatic heterocycles. The van der Waals surface area contributed by atoms with Crippen molar-refractivity contribution in [2.75, 3.05) is 0 Å². The van der Waals surface area contributed by atoms with Crippen LogP contribution in [0.3, 0.4) is 0 Å². The number of hydrogen-bond donors (Lipinski definition) is 1. The van der Waals surface area contributed by atoms with Crippen molar-refractivity contribution in [3.63, 3.8) is 0 Å². The molecule has 0 bridgehead atoms. The minimum absolute atomic E-state index is 0.158. The van der Waals surface area contributed by atoms with Crippen LogP contribution in [0.5, 0.6) is 0 Å². The van der Waals surface area contributed by atoms with Gasteiger partial charge in [-0.05, 0) is 18.2 Å². The molecule has 0 saturated carbocycles. The van der Waals surface area contributed by atoms with Crippen LogP contribution in [-0.4, -0.2) is 4.98 Å². The van der Waals surface area contributed by atoms with Gasteiger partial charge in [0.1, 0.15) is 5.82 Å². The lowest BCUT2D eigenvalue weighted by Crippen LogP contribution is -1.80. The van der Waals surface area contributed by atoms with Gasteiger partial charge in [-0.1, -0.05) is 0 Å². The molecule has 0 aliphatic rings. The van der Waals surface area contributed by atoms with Crippen LogP contribution in [0.1, 0.15) is 12.0 Å². The van der Waals surface area contributed by atoms with Crippen LogP contribution in [0.25, 0.3) is 10.9 Å². The molecule has 1 heterocycles. The summed E-state index contributed by atoms with van der Waals surface area (Å²) in [6.45, 7) is 0. The van der Waals surface area contributed by atoms with Crippen molar-refractivity contribution in [3.05, 3.63) is 35.8 Å². The predicted octanol–water partition coefficient (Wildman–Crippen LogP) is 3.24. The Bertz CT molecular complexity index is 433. The van der Waals surface area contributed by atoms with Crippen LogP contribution in [-0.2, 0) is 0 Å². The highest BCUT2D eigenvalue weighted by molar-refractivity contribution is 5.83. The molecule has 2 aromatic rings. The lowest BCUT2D eigenvalue weighted by Gasteiger charge is -1.95. The van der Waals surface area contributed by atoms with E-state index < -0.39 is 12.2 Å². The molecular weight excluding hydrogens is 179 g/mol. The van der Waals surface area contributed by atoms with E-state index in [1.165, 1.54) is 18.3 Å². The van der Waals surface area contributed by atoms with Gasteiger partial charge in [-0.3, -0.25) is 0 Å². The Kier molecular flexibility index (Phi) is 1.76. The van der Waals surface area contributed by atoms with Gasteiger partial charge in [0.25, 0.3) is 6.43 Å². The molecule has 0 radical (unpaired) electrons. The molecule has 1 aromatic carbocycles. The number of hydrogen-bond acceptors (Lipinski definition) is 0. The number of halogens is 3. The van der Waals surface area contributed by atoms with E-state index in [4.69, 9.17) is 0 Å². The number of H-pyrrole nitrogens is 1. The highest BCUT2D eigenvalue weighted by Crippen LogP contribution is 2.27. The summed E-state index contributed by atoms with van der Waals surface area (Å²) < 4.78 is 37.3. The van der Waals surface area contributed by atoms with E-state index in [0.717, 1.165) is 6.07 Å². The average Bonchev–Trinajstić information content (AvgIpc) is 2.46. The van der Waals surface area contributed by atoms with E-state index in [2.05, 4.69) is 4.98 Å². The second-order valence-electron chi connectivity index (χ2n) is 2.73. The summed E-state index contributed by atoms with van der Waals surface area (Å²) in [5.74, 6) is -0.506. The van der Waals surface area contributed by atoms with E-state index >= 15 is 0 Å². The van der Waals surface area contributed by atoms with Crippen LogP contribution in [0.15, 0.2) is 24.4 Å². The summed E-state index contributed by atoms with van der Waals surface area (Å²) in [6, 6.07) is 3.78. The lowest BCUT2D eigenvalue weighted by molar-refractivity contribution is 0.153. The summed E-state index contributed by atoms with van der Waals surface area (Å²) in [5, 5.41) is 0.245. The van der Waals surface area contributed by atoms with Crippen LogP contribution < -0.4 is 0 Å². The number of alkyl halides is 2. The summed E-state index contributed by atoms with van der Waals surface area (Å²) in [7, 11) is 0. The second-order valence-corrected chi connectivity index (χ2v) is 2.73. The fraction of sp³-hybridized carbons (Fsp3) is 0.111. The maximum Gasteiger partial charge on any atom is 0.265 e. The van der Waals surface area contributed by atoms with E-state index in [0.29, 0.717) is 5.52 Å². The number of aromatic nitrogens is 1. The number of rotatable bonds is 1. The molecule has 2 rings (SSSR count). The molecule has 0 fully saturated rings. The molecule has 0 amide bonds. The van der Waals surface area contributed by atoms with Gasteiger partial charge in [-0.25, -0.2) is 13.2 Å². The molecule has 1 N–H and O–H groups in total. The maximum absolute atomic E-state index is 12.7. The smallest absolute Gasteiger partial charge is 0.265 e. The molecule has 68 valence electrons. The number of aromatic amines is 1. The van der Waals surface area contributed by atoms with Gasteiger partial charge in [0.15, 0.2) is 0 Å². The third kappa shape index (κ3) is 1.28. The first kappa shape index (κ1) is 8.16. The topological polar surface area (TPSA) is 15.8 Å². The Morgan fingerprint density at radius 2 is 2.00 bits per heavy atom. The van der Waals surface area contributed by atoms with Crippen LogP contribution in [0.2, 0.25) is 0 Å². The minimum atomic E-state index is -2.57. The first-order valence-electron chi connectivity index (χ1n) is 3.73. The van der Waals surface area contributed by atoms with Gasteiger partial charge in [0.05, 0.1) is 0 Å². The predicted molar refractivity (Wildman–Crippen MR) is 43.2 cm³/mol. The van der Waals surface area contributed by atoms with Gasteiger partial charge in [-0.2, -0.15) is 0 Å². The Hall–Kier alpha value is -1.45. The fourth-order valence-corrected chi connectivity index (χ4v) is 1.29. The van der Waals surface area contributed by atoms with Crippen LogP contribution >= 0.6 is 0 Å². The molecule has 1 aromatic heterocycles. The van der Waals surface area contributed by atoms with Gasteiger partial charge in [0.2, 0.25) is 0 Å². The molecule has 1 nitrogen and oxygen atoms in total. The first-order chi connectivity index (χ1) is 6.18. The van der Waals surface area contributed by atoms with E-state index in [1.54, 1.807) is 0 Å². The van der Waals surface area contributed by atoms with Gasteiger partial charge < -0.3 is 4.98 Å². The molecule has 0 unspecified atom stereocenters. The second kappa shape index (κ2) is 2.80. The van der Waals surface area contributed by atoms with Crippen molar-refractivity contribution < 1.29 is 13.2 Å². The van der Waals surface area contributed by atoms with Crippen molar-refractivity contribution >= 4 is 10.9 Å². The molecule has 0 saturated heterocycles. The summed E-state index contributed by atoms with van der Waals surface area (Å²) >= 11 is 0. The minimum Gasteiger partial charge on any atom is -0.361 e. The highest BCUT2D eigenvalue weighted by atomic mass is 19.3. The summed E-state index contributed by atoms with van der Waals surface area (Å²) in [6.07, 6.45) is -1.37. The van der Waals surface area contributed by atoms with E-state index in [1.807, 2.05) is 0 Å². The zero-order valence-corrected chi connectivity index (χ0v) is 6.52. The highest BCUT2D eigenvalue weighted by Gasteiger charge is 2.13. The van der Waals surface area contributed by atoms with Gasteiger partial charge >= 0.3 is 0 Å².